The molecule has 0 bridgehead atoms. The van der Waals surface area contributed by atoms with Crippen molar-refractivity contribution in [3.05, 3.63) is 18.5 Å². The Labute approximate surface area is 130 Å². The summed E-state index contributed by atoms with van der Waals surface area (Å²) in [5.41, 5.74) is 0. The monoisotopic (exact) mass is 306 g/mol. The third-order valence-corrected chi connectivity index (χ3v) is 5.32. The first-order valence-electron chi connectivity index (χ1n) is 7.70. The van der Waals surface area contributed by atoms with Crippen LogP contribution in [0.2, 0.25) is 0 Å². The molecule has 2 aliphatic heterocycles. The number of amides is 1. The van der Waals surface area contributed by atoms with E-state index in [1.165, 1.54) is 24.3 Å². The molecule has 114 valence electrons. The van der Waals surface area contributed by atoms with Gasteiger partial charge in [0.1, 0.15) is 0 Å². The molecule has 3 rings (SSSR count). The van der Waals surface area contributed by atoms with Gasteiger partial charge in [-0.05, 0) is 36.3 Å². The molecule has 5 nitrogen and oxygen atoms in total. The van der Waals surface area contributed by atoms with Crippen molar-refractivity contribution < 1.29 is 4.79 Å². The molecule has 0 aromatic carbocycles. The van der Waals surface area contributed by atoms with E-state index in [0.717, 1.165) is 38.5 Å². The molecule has 1 amide bonds. The van der Waals surface area contributed by atoms with Gasteiger partial charge in [-0.3, -0.25) is 4.79 Å². The van der Waals surface area contributed by atoms with E-state index in [4.69, 9.17) is 0 Å². The van der Waals surface area contributed by atoms with Crippen LogP contribution in [0.3, 0.4) is 0 Å². The zero-order valence-corrected chi connectivity index (χ0v) is 13.1. The number of aromatic nitrogens is 2. The molecule has 6 heteroatoms. The minimum atomic E-state index is 0.334. The van der Waals surface area contributed by atoms with Crippen LogP contribution < -0.4 is 4.90 Å². The van der Waals surface area contributed by atoms with E-state index in [-0.39, 0.29) is 0 Å². The quantitative estimate of drug-likeness (QED) is 0.850. The van der Waals surface area contributed by atoms with Crippen LogP contribution in [-0.4, -0.2) is 58.5 Å². The van der Waals surface area contributed by atoms with Gasteiger partial charge < -0.3 is 9.80 Å². The van der Waals surface area contributed by atoms with Crippen molar-refractivity contribution in [3.8, 4) is 0 Å². The first-order chi connectivity index (χ1) is 10.3. The lowest BCUT2D eigenvalue weighted by molar-refractivity contribution is -0.132. The van der Waals surface area contributed by atoms with E-state index in [9.17, 15) is 4.79 Å². The second-order valence-corrected chi connectivity index (χ2v) is 6.90. The Morgan fingerprint density at radius 2 is 1.81 bits per heavy atom. The SMILES string of the molecule is O=C(CC1CCSCC1)N1CCN(c2ncccn2)CC1. The Bertz CT molecular complexity index is 456. The summed E-state index contributed by atoms with van der Waals surface area (Å²) in [5.74, 6) is 4.15. The van der Waals surface area contributed by atoms with E-state index in [2.05, 4.69) is 14.9 Å². The Hall–Kier alpha value is -1.30. The molecule has 2 fully saturated rings. The third-order valence-electron chi connectivity index (χ3n) is 4.27. The number of piperazine rings is 1. The summed E-state index contributed by atoms with van der Waals surface area (Å²) in [7, 11) is 0. The molecule has 2 saturated heterocycles. The molecule has 3 heterocycles. The van der Waals surface area contributed by atoms with Crippen LogP contribution in [0.5, 0.6) is 0 Å². The van der Waals surface area contributed by atoms with Crippen molar-refractivity contribution in [2.45, 2.75) is 19.3 Å². The second kappa shape index (κ2) is 7.11. The van der Waals surface area contributed by atoms with Crippen molar-refractivity contribution in [3.63, 3.8) is 0 Å². The molecular formula is C15H22N4OS. The molecule has 0 radical (unpaired) electrons. The third kappa shape index (κ3) is 3.87. The molecule has 0 aliphatic carbocycles. The van der Waals surface area contributed by atoms with Crippen LogP contribution in [0.15, 0.2) is 18.5 Å². The molecule has 1 aromatic rings. The number of hydrogen-bond donors (Lipinski definition) is 0. The maximum atomic E-state index is 12.4. The van der Waals surface area contributed by atoms with E-state index >= 15 is 0 Å². The summed E-state index contributed by atoms with van der Waals surface area (Å²) >= 11 is 2.01. The summed E-state index contributed by atoms with van der Waals surface area (Å²) in [6.45, 7) is 3.24. The van der Waals surface area contributed by atoms with Crippen molar-refractivity contribution in [1.82, 2.24) is 14.9 Å². The number of rotatable bonds is 3. The van der Waals surface area contributed by atoms with E-state index in [0.29, 0.717) is 11.8 Å². The van der Waals surface area contributed by atoms with Crippen molar-refractivity contribution in [2.75, 3.05) is 42.6 Å². The molecule has 0 unspecified atom stereocenters. The zero-order valence-electron chi connectivity index (χ0n) is 12.3. The van der Waals surface area contributed by atoms with Gasteiger partial charge in [0.2, 0.25) is 11.9 Å². The fraction of sp³-hybridized carbons (Fsp3) is 0.667. The molecular weight excluding hydrogens is 284 g/mol. The van der Waals surface area contributed by atoms with Crippen molar-refractivity contribution >= 4 is 23.6 Å². The fourth-order valence-electron chi connectivity index (χ4n) is 2.94. The van der Waals surface area contributed by atoms with E-state index < -0.39 is 0 Å². The Morgan fingerprint density at radius 1 is 1.14 bits per heavy atom. The largest absolute Gasteiger partial charge is 0.339 e. The van der Waals surface area contributed by atoms with Gasteiger partial charge in [0.25, 0.3) is 0 Å². The lowest BCUT2D eigenvalue weighted by Crippen LogP contribution is -2.49. The predicted molar refractivity (Wildman–Crippen MR) is 85.5 cm³/mol. The first kappa shape index (κ1) is 14.6. The van der Waals surface area contributed by atoms with Crippen LogP contribution in [0, 0.1) is 5.92 Å². The van der Waals surface area contributed by atoms with Crippen LogP contribution in [0.4, 0.5) is 5.95 Å². The maximum absolute atomic E-state index is 12.4. The molecule has 2 aliphatic rings. The molecule has 0 atom stereocenters. The lowest BCUT2D eigenvalue weighted by atomic mass is 9.98. The van der Waals surface area contributed by atoms with Crippen molar-refractivity contribution in [1.29, 1.82) is 0 Å². The van der Waals surface area contributed by atoms with Gasteiger partial charge in [-0.2, -0.15) is 11.8 Å². The Balaban J connectivity index is 1.47. The smallest absolute Gasteiger partial charge is 0.225 e. The summed E-state index contributed by atoms with van der Waals surface area (Å²) in [4.78, 5) is 25.1. The topological polar surface area (TPSA) is 49.3 Å². The minimum absolute atomic E-state index is 0.334. The highest BCUT2D eigenvalue weighted by Crippen LogP contribution is 2.26. The highest BCUT2D eigenvalue weighted by Gasteiger charge is 2.25. The van der Waals surface area contributed by atoms with Gasteiger partial charge in [-0.25, -0.2) is 9.97 Å². The summed E-state index contributed by atoms with van der Waals surface area (Å²) in [6.07, 6.45) is 6.67. The zero-order chi connectivity index (χ0) is 14.5. The predicted octanol–water partition coefficient (Wildman–Crippen LogP) is 1.66. The standard InChI is InChI=1S/C15H22N4OS/c20-14(12-13-2-10-21-11-3-13)18-6-8-19(9-7-18)15-16-4-1-5-17-15/h1,4-5,13H,2-3,6-12H2. The highest BCUT2D eigenvalue weighted by atomic mass is 32.2. The summed E-state index contributed by atoms with van der Waals surface area (Å²) < 4.78 is 0. The number of thioether (sulfide) groups is 1. The minimum Gasteiger partial charge on any atom is -0.339 e. The van der Waals surface area contributed by atoms with Crippen molar-refractivity contribution in [2.24, 2.45) is 5.92 Å². The number of hydrogen-bond acceptors (Lipinski definition) is 5. The van der Waals surface area contributed by atoms with Gasteiger partial charge in [0.15, 0.2) is 0 Å². The van der Waals surface area contributed by atoms with Crippen LogP contribution in [0.25, 0.3) is 0 Å². The summed E-state index contributed by atoms with van der Waals surface area (Å²) in [6, 6.07) is 1.83. The molecule has 21 heavy (non-hydrogen) atoms. The van der Waals surface area contributed by atoms with Gasteiger partial charge >= 0.3 is 0 Å². The maximum Gasteiger partial charge on any atom is 0.225 e. The Kier molecular flexibility index (Phi) is 4.95. The average molecular weight is 306 g/mol. The van der Waals surface area contributed by atoms with Gasteiger partial charge in [-0.1, -0.05) is 0 Å². The molecule has 0 N–H and O–H groups in total. The average Bonchev–Trinajstić information content (AvgIpc) is 2.57. The highest BCUT2D eigenvalue weighted by molar-refractivity contribution is 7.99. The van der Waals surface area contributed by atoms with Crippen LogP contribution >= 0.6 is 11.8 Å². The fourth-order valence-corrected chi connectivity index (χ4v) is 4.14. The van der Waals surface area contributed by atoms with Gasteiger partial charge in [0, 0.05) is 45.0 Å². The number of carbonyl (C=O) groups excluding carboxylic acids is 1. The molecule has 0 spiro atoms. The Morgan fingerprint density at radius 3 is 2.48 bits per heavy atom. The second-order valence-electron chi connectivity index (χ2n) is 5.68. The van der Waals surface area contributed by atoms with E-state index in [1.807, 2.05) is 22.7 Å². The van der Waals surface area contributed by atoms with Crippen LogP contribution in [-0.2, 0) is 4.79 Å². The van der Waals surface area contributed by atoms with Gasteiger partial charge in [-0.15, -0.1) is 0 Å². The van der Waals surface area contributed by atoms with E-state index in [1.54, 1.807) is 12.4 Å². The van der Waals surface area contributed by atoms with Gasteiger partial charge in [0.05, 0.1) is 0 Å². The number of nitrogens with zero attached hydrogens (tertiary/aromatic N) is 4. The number of carbonyl (C=O) groups is 1. The normalized spacial score (nSPS) is 20.6. The lowest BCUT2D eigenvalue weighted by Gasteiger charge is -2.35. The van der Waals surface area contributed by atoms with Crippen LogP contribution in [0.1, 0.15) is 19.3 Å². The molecule has 1 aromatic heterocycles. The molecule has 0 saturated carbocycles. The summed E-state index contributed by atoms with van der Waals surface area (Å²) in [5, 5.41) is 0. The number of anilines is 1. The first-order valence-corrected chi connectivity index (χ1v) is 8.86.